The molecule has 0 aliphatic rings. The van der Waals surface area contributed by atoms with E-state index in [1.165, 1.54) is 18.3 Å². The molecule has 1 rings (SSSR count). The van der Waals surface area contributed by atoms with Crippen LogP contribution < -0.4 is 10.6 Å². The summed E-state index contributed by atoms with van der Waals surface area (Å²) >= 11 is 0. The van der Waals surface area contributed by atoms with Crippen LogP contribution in [0.25, 0.3) is 0 Å². The van der Waals surface area contributed by atoms with Crippen LogP contribution in [-0.2, 0) is 21.1 Å². The average molecular weight is 315 g/mol. The van der Waals surface area contributed by atoms with Gasteiger partial charge in [-0.2, -0.15) is 0 Å². The molecule has 21 heavy (non-hydrogen) atoms. The molecule has 8 nitrogen and oxygen atoms in total. The molecular weight excluding hydrogens is 298 g/mol. The Morgan fingerprint density at radius 1 is 1.33 bits per heavy atom. The first-order chi connectivity index (χ1) is 9.82. The third-order valence-electron chi connectivity index (χ3n) is 2.55. The second kappa shape index (κ2) is 7.58. The van der Waals surface area contributed by atoms with E-state index in [0.29, 0.717) is 11.4 Å². The third kappa shape index (κ3) is 6.70. The maximum Gasteiger partial charge on any atom is 0.319 e. The topological polar surface area (TPSA) is 125 Å². The molecule has 3 N–H and O–H groups in total. The van der Waals surface area contributed by atoms with Crippen molar-refractivity contribution in [1.82, 2.24) is 10.3 Å². The summed E-state index contributed by atoms with van der Waals surface area (Å²) in [6.07, 6.45) is 1.14. The van der Waals surface area contributed by atoms with E-state index in [4.69, 9.17) is 5.11 Å². The highest BCUT2D eigenvalue weighted by Gasteiger charge is 2.08. The number of pyridine rings is 1. The van der Waals surface area contributed by atoms with Gasteiger partial charge in [0.1, 0.15) is 0 Å². The van der Waals surface area contributed by atoms with Gasteiger partial charge in [-0.1, -0.05) is 6.92 Å². The van der Waals surface area contributed by atoms with Crippen molar-refractivity contribution in [3.63, 3.8) is 0 Å². The zero-order valence-electron chi connectivity index (χ0n) is 11.5. The van der Waals surface area contributed by atoms with Gasteiger partial charge < -0.3 is 15.7 Å². The summed E-state index contributed by atoms with van der Waals surface area (Å²) in [7, 11) is -3.12. The molecule has 0 aromatic carbocycles. The predicted molar refractivity (Wildman–Crippen MR) is 76.9 cm³/mol. The second-order valence-corrected chi connectivity index (χ2v) is 6.70. The molecule has 1 aromatic heterocycles. The largest absolute Gasteiger partial charge is 0.481 e. The zero-order valence-corrected chi connectivity index (χ0v) is 12.3. The normalized spacial score (nSPS) is 10.9. The number of aliphatic carboxylic acids is 1. The van der Waals surface area contributed by atoms with E-state index < -0.39 is 21.8 Å². The molecule has 0 saturated heterocycles. The molecule has 0 spiro atoms. The van der Waals surface area contributed by atoms with Crippen LogP contribution in [0.2, 0.25) is 0 Å². The van der Waals surface area contributed by atoms with Crippen molar-refractivity contribution in [2.75, 3.05) is 23.4 Å². The fourth-order valence-electron chi connectivity index (χ4n) is 1.40. The van der Waals surface area contributed by atoms with E-state index in [2.05, 4.69) is 15.6 Å². The number of nitrogens with zero attached hydrogens (tertiary/aromatic N) is 1. The number of carboxylic acid groups (broad SMARTS) is 1. The Morgan fingerprint density at radius 2 is 2.05 bits per heavy atom. The Hall–Kier alpha value is -2.16. The smallest absolute Gasteiger partial charge is 0.319 e. The highest BCUT2D eigenvalue weighted by molar-refractivity contribution is 7.91. The summed E-state index contributed by atoms with van der Waals surface area (Å²) in [6.45, 7) is 1.56. The number of nitrogens with one attached hydrogen (secondary N) is 2. The van der Waals surface area contributed by atoms with Crippen molar-refractivity contribution in [1.29, 1.82) is 0 Å². The molecular formula is C12H17N3O5S. The lowest BCUT2D eigenvalue weighted by Gasteiger charge is -2.07. The predicted octanol–water partition coefficient (Wildman–Crippen LogP) is 0.265. The molecule has 0 unspecified atom stereocenters. The van der Waals surface area contributed by atoms with E-state index in [-0.39, 0.29) is 24.5 Å². The maximum absolute atomic E-state index is 11.5. The number of urea groups is 1. The van der Waals surface area contributed by atoms with Crippen LogP contribution in [-0.4, -0.2) is 48.6 Å². The van der Waals surface area contributed by atoms with Gasteiger partial charge >= 0.3 is 12.0 Å². The van der Waals surface area contributed by atoms with Crippen LogP contribution in [0.3, 0.4) is 0 Å². The first-order valence-electron chi connectivity index (χ1n) is 6.24. The number of hydrogen-bond acceptors (Lipinski definition) is 5. The zero-order chi connectivity index (χ0) is 15.9. The van der Waals surface area contributed by atoms with Crippen molar-refractivity contribution in [2.24, 2.45) is 0 Å². The number of sulfone groups is 1. The summed E-state index contributed by atoms with van der Waals surface area (Å²) < 4.78 is 22.5. The van der Waals surface area contributed by atoms with Crippen LogP contribution in [0.4, 0.5) is 10.5 Å². The van der Waals surface area contributed by atoms with Crippen LogP contribution in [0.5, 0.6) is 0 Å². The number of anilines is 1. The van der Waals surface area contributed by atoms with E-state index in [1.54, 1.807) is 6.92 Å². The van der Waals surface area contributed by atoms with Crippen LogP contribution >= 0.6 is 0 Å². The highest BCUT2D eigenvalue weighted by Crippen LogP contribution is 2.06. The van der Waals surface area contributed by atoms with Crippen molar-refractivity contribution >= 4 is 27.5 Å². The molecule has 2 amide bonds. The summed E-state index contributed by atoms with van der Waals surface area (Å²) in [5.41, 5.74) is 0.766. The van der Waals surface area contributed by atoms with Crippen molar-refractivity contribution in [3.8, 4) is 0 Å². The number of carboxylic acids is 1. The fraction of sp³-hybridized carbons (Fsp3) is 0.417. The Morgan fingerprint density at radius 3 is 2.57 bits per heavy atom. The van der Waals surface area contributed by atoms with Gasteiger partial charge in [-0.05, 0) is 12.1 Å². The molecule has 0 fully saturated rings. The van der Waals surface area contributed by atoms with Crippen LogP contribution in [0.1, 0.15) is 12.6 Å². The summed E-state index contributed by atoms with van der Waals surface area (Å²) in [5.74, 6) is -1.07. The van der Waals surface area contributed by atoms with Crippen LogP contribution in [0.15, 0.2) is 18.3 Å². The fourth-order valence-corrected chi connectivity index (χ4v) is 2.10. The standard InChI is InChI=1S/C12H17N3O5S/c1-2-21(19,20)6-5-13-12(18)15-10-4-3-9(14-8-10)7-11(16)17/h3-4,8H,2,5-7H2,1H3,(H,16,17)(H2,13,15,18). The summed E-state index contributed by atoms with van der Waals surface area (Å²) in [6, 6.07) is 2.47. The number of hydrogen-bond donors (Lipinski definition) is 3. The lowest BCUT2D eigenvalue weighted by molar-refractivity contribution is -0.136. The first kappa shape index (κ1) is 16.9. The van der Waals surface area contributed by atoms with Gasteiger partial charge in [0.2, 0.25) is 0 Å². The second-order valence-electron chi connectivity index (χ2n) is 4.23. The van der Waals surface area contributed by atoms with Crippen molar-refractivity contribution < 1.29 is 23.1 Å². The molecule has 1 heterocycles. The van der Waals surface area contributed by atoms with Crippen LogP contribution in [0, 0.1) is 0 Å². The highest BCUT2D eigenvalue weighted by atomic mass is 32.2. The average Bonchev–Trinajstić information content (AvgIpc) is 2.40. The molecule has 0 atom stereocenters. The van der Waals surface area contributed by atoms with Gasteiger partial charge in [-0.3, -0.25) is 9.78 Å². The quantitative estimate of drug-likeness (QED) is 0.663. The van der Waals surface area contributed by atoms with Gasteiger partial charge in [0.05, 0.1) is 29.8 Å². The summed E-state index contributed by atoms with van der Waals surface area (Å²) in [4.78, 5) is 25.9. The number of aromatic nitrogens is 1. The van der Waals surface area contributed by atoms with Gasteiger partial charge in [0.15, 0.2) is 9.84 Å². The minimum absolute atomic E-state index is 0.0204. The van der Waals surface area contributed by atoms with E-state index in [0.717, 1.165) is 0 Å². The van der Waals surface area contributed by atoms with Gasteiger partial charge in [-0.25, -0.2) is 13.2 Å². The molecule has 0 bridgehead atoms. The lowest BCUT2D eigenvalue weighted by Crippen LogP contribution is -2.33. The van der Waals surface area contributed by atoms with Gasteiger partial charge in [0.25, 0.3) is 0 Å². The minimum Gasteiger partial charge on any atom is -0.481 e. The van der Waals surface area contributed by atoms with Gasteiger partial charge in [0, 0.05) is 12.3 Å². The minimum atomic E-state index is -3.12. The molecule has 0 saturated carbocycles. The number of rotatable bonds is 7. The molecule has 116 valence electrons. The molecule has 0 aliphatic heterocycles. The van der Waals surface area contributed by atoms with Crippen molar-refractivity contribution in [3.05, 3.63) is 24.0 Å². The molecule has 1 aromatic rings. The van der Waals surface area contributed by atoms with Crippen molar-refractivity contribution in [2.45, 2.75) is 13.3 Å². The maximum atomic E-state index is 11.5. The van der Waals surface area contributed by atoms with E-state index >= 15 is 0 Å². The first-order valence-corrected chi connectivity index (χ1v) is 8.06. The number of carbonyl (C=O) groups excluding carboxylic acids is 1. The Labute approximate surface area is 122 Å². The SMILES string of the molecule is CCS(=O)(=O)CCNC(=O)Nc1ccc(CC(=O)O)nc1. The van der Waals surface area contributed by atoms with Gasteiger partial charge in [-0.15, -0.1) is 0 Å². The molecule has 0 aliphatic carbocycles. The van der Waals surface area contributed by atoms with E-state index in [1.807, 2.05) is 0 Å². The Kier molecular flexibility index (Phi) is 6.10. The van der Waals surface area contributed by atoms with E-state index in [9.17, 15) is 18.0 Å². The number of amides is 2. The monoisotopic (exact) mass is 315 g/mol. The Bertz CT molecular complexity index is 598. The third-order valence-corrected chi connectivity index (χ3v) is 4.26. The molecule has 9 heteroatoms. The molecule has 0 radical (unpaired) electrons. The number of carbonyl (C=O) groups is 2. The Balaban J connectivity index is 2.43. The summed E-state index contributed by atoms with van der Waals surface area (Å²) in [5, 5.41) is 13.5. The lowest BCUT2D eigenvalue weighted by atomic mass is 10.2.